The first-order valence-electron chi connectivity index (χ1n) is 11.8. The Morgan fingerprint density at radius 2 is 1.89 bits per heavy atom. The molecule has 6 nitrogen and oxygen atoms in total. The average Bonchev–Trinajstić information content (AvgIpc) is 3.20. The predicted molar refractivity (Wildman–Crippen MR) is 133 cm³/mol. The minimum Gasteiger partial charge on any atom is -0.453 e. The van der Waals surface area contributed by atoms with E-state index in [0.717, 1.165) is 16.7 Å². The SMILES string of the molecule is COC(=O)N1CCO[C@@H](Cc2c(-c3c(F)cc(-c4ccccc4C)cc3F)nc3cc(C)ccn23)C1. The molecule has 4 aromatic rings. The van der Waals surface area contributed by atoms with Crippen LogP contribution in [0.15, 0.2) is 54.7 Å². The highest BCUT2D eigenvalue weighted by molar-refractivity contribution is 5.74. The van der Waals surface area contributed by atoms with Crippen LogP contribution in [-0.2, 0) is 15.9 Å². The van der Waals surface area contributed by atoms with Crippen molar-refractivity contribution in [2.24, 2.45) is 0 Å². The molecule has 36 heavy (non-hydrogen) atoms. The Morgan fingerprint density at radius 3 is 2.61 bits per heavy atom. The maximum Gasteiger partial charge on any atom is 0.409 e. The van der Waals surface area contributed by atoms with Crippen LogP contribution in [0, 0.1) is 25.5 Å². The summed E-state index contributed by atoms with van der Waals surface area (Å²) in [6.07, 6.45) is 1.34. The van der Waals surface area contributed by atoms with Crippen LogP contribution in [0.2, 0.25) is 0 Å². The zero-order chi connectivity index (χ0) is 25.4. The smallest absolute Gasteiger partial charge is 0.409 e. The van der Waals surface area contributed by atoms with E-state index in [1.54, 1.807) is 4.90 Å². The average molecular weight is 492 g/mol. The third kappa shape index (κ3) is 4.44. The summed E-state index contributed by atoms with van der Waals surface area (Å²) in [5.74, 6) is -1.37. The number of fused-ring (bicyclic) bond motifs is 1. The van der Waals surface area contributed by atoms with Crippen LogP contribution in [0.1, 0.15) is 16.8 Å². The fraction of sp³-hybridized carbons (Fsp3) is 0.286. The van der Waals surface area contributed by atoms with Gasteiger partial charge < -0.3 is 18.8 Å². The van der Waals surface area contributed by atoms with Gasteiger partial charge in [-0.1, -0.05) is 24.3 Å². The second-order valence-electron chi connectivity index (χ2n) is 9.08. The molecule has 1 saturated heterocycles. The Balaban J connectivity index is 1.59. The first-order chi connectivity index (χ1) is 17.4. The summed E-state index contributed by atoms with van der Waals surface area (Å²) in [6.45, 7) is 4.92. The Bertz CT molecular complexity index is 1430. The number of morpholine rings is 1. The summed E-state index contributed by atoms with van der Waals surface area (Å²) in [4.78, 5) is 18.3. The van der Waals surface area contributed by atoms with E-state index in [-0.39, 0.29) is 17.4 Å². The second-order valence-corrected chi connectivity index (χ2v) is 9.08. The van der Waals surface area contributed by atoms with Gasteiger partial charge in [0.2, 0.25) is 0 Å². The molecule has 186 valence electrons. The van der Waals surface area contributed by atoms with Gasteiger partial charge in [0.1, 0.15) is 17.3 Å². The van der Waals surface area contributed by atoms with Gasteiger partial charge in [0, 0.05) is 19.2 Å². The first kappa shape index (κ1) is 23.9. The van der Waals surface area contributed by atoms with Crippen molar-refractivity contribution in [1.82, 2.24) is 14.3 Å². The van der Waals surface area contributed by atoms with Gasteiger partial charge >= 0.3 is 6.09 Å². The van der Waals surface area contributed by atoms with Gasteiger partial charge in [-0.05, 0) is 60.4 Å². The number of benzene rings is 2. The molecule has 1 amide bonds. The van der Waals surface area contributed by atoms with Crippen LogP contribution in [0.25, 0.3) is 28.0 Å². The summed E-state index contributed by atoms with van der Waals surface area (Å²) in [7, 11) is 1.34. The van der Waals surface area contributed by atoms with Crippen molar-refractivity contribution in [2.45, 2.75) is 26.4 Å². The Labute approximate surface area is 208 Å². The maximum atomic E-state index is 15.6. The van der Waals surface area contributed by atoms with Gasteiger partial charge in [-0.2, -0.15) is 0 Å². The van der Waals surface area contributed by atoms with E-state index in [9.17, 15) is 4.79 Å². The first-order valence-corrected chi connectivity index (χ1v) is 11.8. The molecule has 1 aliphatic heterocycles. The van der Waals surface area contributed by atoms with Gasteiger partial charge in [-0.25, -0.2) is 18.6 Å². The molecule has 0 unspecified atom stereocenters. The number of amides is 1. The van der Waals surface area contributed by atoms with Crippen molar-refractivity contribution < 1.29 is 23.0 Å². The number of rotatable bonds is 4. The number of aromatic nitrogens is 2. The number of carbonyl (C=O) groups excluding carboxylic acids is 1. The summed E-state index contributed by atoms with van der Waals surface area (Å²) < 4.78 is 43.8. The standard InChI is InChI=1S/C28H27F2N3O3/c1-17-8-9-33-24(15-20-16-32(10-11-36-20)28(34)35-3)27(31-25(33)12-17)26-22(29)13-19(14-23(26)30)21-7-5-4-6-18(21)2/h4-9,12-14,20H,10-11,15-16H2,1-3H3/t20-/m0/s1. The monoisotopic (exact) mass is 491 g/mol. The number of carbonyl (C=O) groups is 1. The zero-order valence-electron chi connectivity index (χ0n) is 20.4. The van der Waals surface area contributed by atoms with E-state index in [2.05, 4.69) is 4.98 Å². The van der Waals surface area contributed by atoms with Crippen LogP contribution in [0.4, 0.5) is 13.6 Å². The number of imidazole rings is 1. The highest BCUT2D eigenvalue weighted by atomic mass is 19.1. The zero-order valence-corrected chi connectivity index (χ0v) is 20.4. The van der Waals surface area contributed by atoms with Gasteiger partial charge in [-0.15, -0.1) is 0 Å². The Hall–Kier alpha value is -3.78. The van der Waals surface area contributed by atoms with Crippen molar-refractivity contribution in [2.75, 3.05) is 26.8 Å². The van der Waals surface area contributed by atoms with Crippen molar-refractivity contribution >= 4 is 11.7 Å². The molecule has 1 fully saturated rings. The molecule has 2 aromatic carbocycles. The molecule has 0 aliphatic carbocycles. The summed E-state index contributed by atoms with van der Waals surface area (Å²) in [6, 6.07) is 14.0. The molecular formula is C28H27F2N3O3. The summed E-state index contributed by atoms with van der Waals surface area (Å²) in [5.41, 5.74) is 4.40. The summed E-state index contributed by atoms with van der Waals surface area (Å²) in [5, 5.41) is 0. The number of hydrogen-bond acceptors (Lipinski definition) is 4. The van der Waals surface area contributed by atoms with E-state index in [0.29, 0.717) is 43.0 Å². The third-order valence-electron chi connectivity index (χ3n) is 6.61. The van der Waals surface area contributed by atoms with E-state index < -0.39 is 17.7 Å². The number of methoxy groups -OCH3 is 1. The van der Waals surface area contributed by atoms with Gasteiger partial charge in [-0.3, -0.25) is 0 Å². The van der Waals surface area contributed by atoms with Gasteiger partial charge in [0.25, 0.3) is 0 Å². The third-order valence-corrected chi connectivity index (χ3v) is 6.61. The van der Waals surface area contributed by atoms with E-state index in [4.69, 9.17) is 9.47 Å². The second kappa shape index (κ2) is 9.70. The molecule has 2 aromatic heterocycles. The topological polar surface area (TPSA) is 56.1 Å². The Kier molecular flexibility index (Phi) is 6.45. The van der Waals surface area contributed by atoms with E-state index in [1.165, 1.54) is 19.2 Å². The number of halogens is 2. The van der Waals surface area contributed by atoms with Crippen molar-refractivity contribution in [3.8, 4) is 22.4 Å². The molecule has 8 heteroatoms. The van der Waals surface area contributed by atoms with Crippen LogP contribution in [0.5, 0.6) is 0 Å². The normalized spacial score (nSPS) is 15.9. The maximum absolute atomic E-state index is 15.6. The van der Waals surface area contributed by atoms with Gasteiger partial charge in [0.15, 0.2) is 0 Å². The quantitative estimate of drug-likeness (QED) is 0.374. The lowest BCUT2D eigenvalue weighted by Gasteiger charge is -2.32. The van der Waals surface area contributed by atoms with Crippen LogP contribution < -0.4 is 0 Å². The van der Waals surface area contributed by atoms with E-state index >= 15 is 8.78 Å². The molecule has 5 rings (SSSR count). The lowest BCUT2D eigenvalue weighted by atomic mass is 9.97. The minimum absolute atomic E-state index is 0.177. The highest BCUT2D eigenvalue weighted by Crippen LogP contribution is 2.35. The highest BCUT2D eigenvalue weighted by Gasteiger charge is 2.29. The van der Waals surface area contributed by atoms with Crippen molar-refractivity contribution in [3.05, 3.63) is 83.2 Å². The molecule has 0 radical (unpaired) electrons. The van der Waals surface area contributed by atoms with Crippen LogP contribution >= 0.6 is 0 Å². The molecule has 0 spiro atoms. The number of hydrogen-bond donors (Lipinski definition) is 0. The molecule has 0 bridgehead atoms. The minimum atomic E-state index is -0.685. The molecule has 0 N–H and O–H groups in total. The molecular weight excluding hydrogens is 464 g/mol. The molecule has 1 aliphatic rings. The lowest BCUT2D eigenvalue weighted by Crippen LogP contribution is -2.46. The molecule has 3 heterocycles. The lowest BCUT2D eigenvalue weighted by molar-refractivity contribution is -0.0241. The molecule has 0 saturated carbocycles. The summed E-state index contributed by atoms with van der Waals surface area (Å²) >= 11 is 0. The Morgan fingerprint density at radius 1 is 1.14 bits per heavy atom. The van der Waals surface area contributed by atoms with Crippen molar-refractivity contribution in [3.63, 3.8) is 0 Å². The van der Waals surface area contributed by atoms with Crippen LogP contribution in [-0.4, -0.2) is 53.3 Å². The number of nitrogens with zero attached hydrogens (tertiary/aromatic N) is 3. The number of aryl methyl sites for hydroxylation is 2. The predicted octanol–water partition coefficient (Wildman–Crippen LogP) is 5.57. The van der Waals surface area contributed by atoms with E-state index in [1.807, 2.05) is 60.8 Å². The van der Waals surface area contributed by atoms with Gasteiger partial charge in [0.05, 0.1) is 43.3 Å². The fourth-order valence-corrected chi connectivity index (χ4v) is 4.80. The van der Waals surface area contributed by atoms with Crippen LogP contribution in [0.3, 0.4) is 0 Å². The number of ether oxygens (including phenoxy) is 2. The van der Waals surface area contributed by atoms with Crippen molar-refractivity contribution in [1.29, 1.82) is 0 Å². The largest absolute Gasteiger partial charge is 0.453 e. The molecule has 1 atom stereocenters. The fourth-order valence-electron chi connectivity index (χ4n) is 4.80. The number of pyridine rings is 1.